The zero-order valence-electron chi connectivity index (χ0n) is 14.4. The van der Waals surface area contributed by atoms with Crippen LogP contribution in [0, 0.1) is 6.92 Å². The Bertz CT molecular complexity index is 709. The van der Waals surface area contributed by atoms with Crippen molar-refractivity contribution < 1.29 is 9.21 Å². The largest absolute Gasteiger partial charge is 0.461 e. The number of aryl methyl sites for hydroxylation is 1. The van der Waals surface area contributed by atoms with Crippen molar-refractivity contribution in [3.8, 4) is 11.6 Å². The summed E-state index contributed by atoms with van der Waals surface area (Å²) in [6.45, 7) is 1.87. The van der Waals surface area contributed by atoms with Crippen molar-refractivity contribution in [2.75, 3.05) is 13.3 Å². The summed E-state index contributed by atoms with van der Waals surface area (Å²) < 4.78 is 5.39. The Balaban J connectivity index is 1.93. The molecule has 24 heavy (non-hydrogen) atoms. The van der Waals surface area contributed by atoms with Gasteiger partial charge in [-0.15, -0.1) is 11.8 Å². The molecule has 5 nitrogen and oxygen atoms in total. The Morgan fingerprint density at radius 1 is 1.29 bits per heavy atom. The van der Waals surface area contributed by atoms with Crippen molar-refractivity contribution in [3.05, 3.63) is 29.7 Å². The Hall–Kier alpha value is -1.82. The molecule has 1 amide bonds. The maximum atomic E-state index is 13.1. The highest BCUT2D eigenvalue weighted by atomic mass is 32.2. The van der Waals surface area contributed by atoms with Crippen molar-refractivity contribution in [3.63, 3.8) is 0 Å². The summed E-state index contributed by atoms with van der Waals surface area (Å²) >= 11 is 1.47. The van der Waals surface area contributed by atoms with Gasteiger partial charge < -0.3 is 9.32 Å². The van der Waals surface area contributed by atoms with Gasteiger partial charge in [0, 0.05) is 13.1 Å². The van der Waals surface area contributed by atoms with Crippen LogP contribution in [-0.2, 0) is 0 Å². The number of hydrogen-bond acceptors (Lipinski definition) is 5. The van der Waals surface area contributed by atoms with Gasteiger partial charge in [0.15, 0.2) is 11.6 Å². The lowest BCUT2D eigenvalue weighted by atomic mass is 9.94. The molecule has 1 saturated carbocycles. The fourth-order valence-corrected chi connectivity index (χ4v) is 3.88. The molecule has 3 rings (SSSR count). The van der Waals surface area contributed by atoms with Crippen molar-refractivity contribution in [2.24, 2.45) is 0 Å². The molecule has 0 aliphatic heterocycles. The van der Waals surface area contributed by atoms with Crippen molar-refractivity contribution in [1.82, 2.24) is 14.9 Å². The van der Waals surface area contributed by atoms with Gasteiger partial charge >= 0.3 is 0 Å². The minimum absolute atomic E-state index is 0.0229. The molecule has 0 unspecified atom stereocenters. The lowest BCUT2D eigenvalue weighted by molar-refractivity contribution is 0.0690. The van der Waals surface area contributed by atoms with Crippen molar-refractivity contribution >= 4 is 17.7 Å². The summed E-state index contributed by atoms with van der Waals surface area (Å²) in [4.78, 5) is 24.0. The molecule has 1 fully saturated rings. The molecule has 1 aliphatic rings. The first-order valence-corrected chi connectivity index (χ1v) is 9.58. The third-order valence-corrected chi connectivity index (χ3v) is 5.33. The van der Waals surface area contributed by atoms with Crippen molar-refractivity contribution in [1.29, 1.82) is 0 Å². The van der Waals surface area contributed by atoms with E-state index in [-0.39, 0.29) is 5.91 Å². The molecule has 0 radical (unpaired) electrons. The minimum atomic E-state index is 0.0229. The number of thioether (sulfide) groups is 1. The molecule has 2 aromatic rings. The van der Waals surface area contributed by atoms with E-state index in [1.807, 2.05) is 37.3 Å². The highest BCUT2D eigenvalue weighted by Gasteiger charge is 2.27. The maximum Gasteiger partial charge on any atom is 0.258 e. The second-order valence-electron chi connectivity index (χ2n) is 6.20. The van der Waals surface area contributed by atoms with E-state index in [1.165, 1.54) is 31.0 Å². The predicted molar refractivity (Wildman–Crippen MR) is 95.2 cm³/mol. The van der Waals surface area contributed by atoms with E-state index >= 15 is 0 Å². The molecule has 0 atom stereocenters. The van der Waals surface area contributed by atoms with Crippen LogP contribution in [0.2, 0.25) is 0 Å². The zero-order valence-corrected chi connectivity index (χ0v) is 15.2. The lowest BCUT2D eigenvalue weighted by Crippen LogP contribution is -2.39. The number of carbonyl (C=O) groups is 1. The highest BCUT2D eigenvalue weighted by molar-refractivity contribution is 7.98. The molecule has 6 heteroatoms. The number of carbonyl (C=O) groups excluding carboxylic acids is 1. The SMILES string of the molecule is CSc1nc(-c2ccco2)nc(C)c1C(=O)N(C)C1CCCCC1. The standard InChI is InChI=1S/C18H23N3O2S/c1-12-15(18(22)21(2)13-8-5-4-6-9-13)17(24-3)20-16(19-12)14-10-7-11-23-14/h7,10-11,13H,4-6,8-9H2,1-3H3. The van der Waals surface area contributed by atoms with E-state index in [0.29, 0.717) is 33.9 Å². The number of amides is 1. The lowest BCUT2D eigenvalue weighted by Gasteiger charge is -2.31. The molecule has 2 aromatic heterocycles. The van der Waals surface area contributed by atoms with Crippen LogP contribution < -0.4 is 0 Å². The topological polar surface area (TPSA) is 59.2 Å². The third-order valence-electron chi connectivity index (χ3n) is 4.65. The smallest absolute Gasteiger partial charge is 0.258 e. The number of hydrogen-bond donors (Lipinski definition) is 0. The van der Waals surface area contributed by atoms with Gasteiger partial charge in [-0.05, 0) is 38.2 Å². The Labute approximate surface area is 146 Å². The summed E-state index contributed by atoms with van der Waals surface area (Å²) in [7, 11) is 1.91. The molecule has 128 valence electrons. The van der Waals surface area contributed by atoms with Gasteiger partial charge in [0.05, 0.1) is 17.5 Å². The normalized spacial score (nSPS) is 15.5. The van der Waals surface area contributed by atoms with Crippen LogP contribution in [0.25, 0.3) is 11.6 Å². The molecule has 2 heterocycles. The minimum Gasteiger partial charge on any atom is -0.461 e. The van der Waals surface area contributed by atoms with Gasteiger partial charge in [-0.25, -0.2) is 9.97 Å². The van der Waals surface area contributed by atoms with Crippen LogP contribution in [-0.4, -0.2) is 40.1 Å². The molecule has 0 saturated heterocycles. The monoisotopic (exact) mass is 345 g/mol. The second kappa shape index (κ2) is 7.38. The summed E-state index contributed by atoms with van der Waals surface area (Å²) in [6.07, 6.45) is 9.37. The summed E-state index contributed by atoms with van der Waals surface area (Å²) in [5, 5.41) is 0.710. The molecule has 1 aliphatic carbocycles. The Morgan fingerprint density at radius 2 is 2.04 bits per heavy atom. The van der Waals surface area contributed by atoms with Crippen LogP contribution in [0.1, 0.15) is 48.2 Å². The second-order valence-corrected chi connectivity index (χ2v) is 7.00. The summed E-state index contributed by atoms with van der Waals surface area (Å²) in [6, 6.07) is 3.96. The fraction of sp³-hybridized carbons (Fsp3) is 0.500. The van der Waals surface area contributed by atoms with Gasteiger partial charge in [0.1, 0.15) is 5.03 Å². The molecular formula is C18H23N3O2S. The average Bonchev–Trinajstić information content (AvgIpc) is 3.15. The molecule has 0 aromatic carbocycles. The molecular weight excluding hydrogens is 322 g/mol. The zero-order chi connectivity index (χ0) is 17.1. The maximum absolute atomic E-state index is 13.1. The number of furan rings is 1. The number of rotatable bonds is 4. The van der Waals surface area contributed by atoms with Gasteiger partial charge in [-0.3, -0.25) is 4.79 Å². The van der Waals surface area contributed by atoms with Crippen LogP contribution in [0.3, 0.4) is 0 Å². The van der Waals surface area contributed by atoms with Gasteiger partial charge in [-0.1, -0.05) is 19.3 Å². The third kappa shape index (κ3) is 3.34. The number of aromatic nitrogens is 2. The van der Waals surface area contributed by atoms with E-state index < -0.39 is 0 Å². The quantitative estimate of drug-likeness (QED) is 0.615. The van der Waals surface area contributed by atoms with E-state index in [4.69, 9.17) is 4.42 Å². The first-order valence-electron chi connectivity index (χ1n) is 8.35. The van der Waals surface area contributed by atoms with Gasteiger partial charge in [-0.2, -0.15) is 0 Å². The van der Waals surface area contributed by atoms with Gasteiger partial charge in [0.25, 0.3) is 5.91 Å². The Morgan fingerprint density at radius 3 is 2.67 bits per heavy atom. The van der Waals surface area contributed by atoms with E-state index in [0.717, 1.165) is 12.8 Å². The fourth-order valence-electron chi connectivity index (χ4n) is 3.27. The molecule has 0 spiro atoms. The highest BCUT2D eigenvalue weighted by Crippen LogP contribution is 2.28. The average molecular weight is 345 g/mol. The van der Waals surface area contributed by atoms with Gasteiger partial charge in [0.2, 0.25) is 0 Å². The van der Waals surface area contributed by atoms with E-state index in [1.54, 1.807) is 6.26 Å². The van der Waals surface area contributed by atoms with Crippen LogP contribution >= 0.6 is 11.8 Å². The summed E-state index contributed by atoms with van der Waals surface area (Å²) in [5.74, 6) is 1.17. The van der Waals surface area contributed by atoms with Crippen LogP contribution in [0.4, 0.5) is 0 Å². The summed E-state index contributed by atoms with van der Waals surface area (Å²) in [5.41, 5.74) is 1.32. The molecule has 0 bridgehead atoms. The predicted octanol–water partition coefficient (Wildman–Crippen LogP) is 4.17. The Kier molecular flexibility index (Phi) is 5.23. The van der Waals surface area contributed by atoms with E-state index in [2.05, 4.69) is 9.97 Å². The first-order chi connectivity index (χ1) is 11.6. The van der Waals surface area contributed by atoms with Crippen LogP contribution in [0.5, 0.6) is 0 Å². The van der Waals surface area contributed by atoms with E-state index in [9.17, 15) is 4.79 Å². The van der Waals surface area contributed by atoms with Crippen LogP contribution in [0.15, 0.2) is 27.8 Å². The first kappa shape index (κ1) is 17.0. The number of nitrogens with zero attached hydrogens (tertiary/aromatic N) is 3. The molecule has 0 N–H and O–H groups in total. The van der Waals surface area contributed by atoms with Crippen molar-refractivity contribution in [2.45, 2.75) is 50.1 Å².